The summed E-state index contributed by atoms with van der Waals surface area (Å²) >= 11 is 0. The molecule has 0 saturated heterocycles. The maximum absolute atomic E-state index is 11.7. The first-order chi connectivity index (χ1) is 6.95. The normalized spacial score (nSPS) is 12.0. The average Bonchev–Trinajstić information content (AvgIpc) is 2.17. The SMILES string of the molecule is CC(C)S(=O)(=O)Cc1cccc(CN)c1. The smallest absolute Gasteiger partial charge is 0.156 e. The molecule has 84 valence electrons. The van der Waals surface area contributed by atoms with Gasteiger partial charge in [-0.3, -0.25) is 0 Å². The molecule has 1 rings (SSSR count). The summed E-state index contributed by atoms with van der Waals surface area (Å²) < 4.78 is 23.3. The molecule has 0 spiro atoms. The lowest BCUT2D eigenvalue weighted by atomic mass is 10.1. The second-order valence-electron chi connectivity index (χ2n) is 3.88. The van der Waals surface area contributed by atoms with Crippen LogP contribution in [0.2, 0.25) is 0 Å². The van der Waals surface area contributed by atoms with Crippen LogP contribution in [0.5, 0.6) is 0 Å². The van der Waals surface area contributed by atoms with Gasteiger partial charge in [0.05, 0.1) is 11.0 Å². The molecule has 0 amide bonds. The van der Waals surface area contributed by atoms with Crippen molar-refractivity contribution in [2.45, 2.75) is 31.4 Å². The Balaban J connectivity index is 2.90. The summed E-state index contributed by atoms with van der Waals surface area (Å²) in [7, 11) is -3.02. The van der Waals surface area contributed by atoms with Gasteiger partial charge in [-0.15, -0.1) is 0 Å². The number of sulfone groups is 1. The fourth-order valence-electron chi connectivity index (χ4n) is 1.25. The molecule has 0 fully saturated rings. The van der Waals surface area contributed by atoms with Crippen molar-refractivity contribution in [3.63, 3.8) is 0 Å². The van der Waals surface area contributed by atoms with E-state index in [-0.39, 0.29) is 11.0 Å². The summed E-state index contributed by atoms with van der Waals surface area (Å²) in [5, 5.41) is -0.334. The number of benzene rings is 1. The first-order valence-corrected chi connectivity index (χ1v) is 6.66. The van der Waals surface area contributed by atoms with Crippen LogP contribution < -0.4 is 5.73 Å². The molecule has 0 aliphatic heterocycles. The highest BCUT2D eigenvalue weighted by molar-refractivity contribution is 7.91. The maximum Gasteiger partial charge on any atom is 0.156 e. The minimum Gasteiger partial charge on any atom is -0.326 e. The molecule has 0 aliphatic carbocycles. The minimum absolute atomic E-state index is 0.0957. The molecule has 2 N–H and O–H groups in total. The van der Waals surface area contributed by atoms with Gasteiger partial charge in [0, 0.05) is 6.54 Å². The summed E-state index contributed by atoms with van der Waals surface area (Å²) in [6.07, 6.45) is 0. The van der Waals surface area contributed by atoms with Crippen LogP contribution in [-0.2, 0) is 22.1 Å². The van der Waals surface area contributed by atoms with Crippen LogP contribution in [0.4, 0.5) is 0 Å². The van der Waals surface area contributed by atoms with Gasteiger partial charge >= 0.3 is 0 Å². The van der Waals surface area contributed by atoms with Gasteiger partial charge in [-0.05, 0) is 25.0 Å². The van der Waals surface area contributed by atoms with E-state index in [2.05, 4.69) is 0 Å². The highest BCUT2D eigenvalue weighted by Crippen LogP contribution is 2.12. The Morgan fingerprint density at radius 1 is 1.27 bits per heavy atom. The second kappa shape index (κ2) is 4.77. The molecule has 3 nitrogen and oxygen atoms in total. The van der Waals surface area contributed by atoms with Crippen LogP contribution in [0.3, 0.4) is 0 Å². The van der Waals surface area contributed by atoms with E-state index in [0.717, 1.165) is 11.1 Å². The molecule has 1 aromatic carbocycles. The average molecular weight is 227 g/mol. The van der Waals surface area contributed by atoms with Crippen molar-refractivity contribution >= 4 is 9.84 Å². The molecular weight excluding hydrogens is 210 g/mol. The fraction of sp³-hybridized carbons (Fsp3) is 0.455. The molecule has 0 aromatic heterocycles. The minimum atomic E-state index is -3.02. The van der Waals surface area contributed by atoms with Crippen molar-refractivity contribution in [3.8, 4) is 0 Å². The molecule has 0 atom stereocenters. The first kappa shape index (κ1) is 12.2. The lowest BCUT2D eigenvalue weighted by Gasteiger charge is -2.08. The van der Waals surface area contributed by atoms with Crippen LogP contribution in [0.15, 0.2) is 24.3 Å². The Morgan fingerprint density at radius 3 is 2.40 bits per heavy atom. The van der Waals surface area contributed by atoms with E-state index < -0.39 is 9.84 Å². The Morgan fingerprint density at radius 2 is 1.87 bits per heavy atom. The van der Waals surface area contributed by atoms with E-state index in [1.807, 2.05) is 24.3 Å². The van der Waals surface area contributed by atoms with Crippen LogP contribution in [0.1, 0.15) is 25.0 Å². The Hall–Kier alpha value is -0.870. The summed E-state index contributed by atoms with van der Waals surface area (Å²) in [6, 6.07) is 7.40. The van der Waals surface area contributed by atoms with Gasteiger partial charge in [-0.1, -0.05) is 24.3 Å². The van der Waals surface area contributed by atoms with E-state index in [1.165, 1.54) is 0 Å². The Labute approximate surface area is 91.2 Å². The van der Waals surface area contributed by atoms with E-state index >= 15 is 0 Å². The zero-order valence-corrected chi connectivity index (χ0v) is 9.92. The summed E-state index contributed by atoms with van der Waals surface area (Å²) in [6.45, 7) is 3.83. The summed E-state index contributed by atoms with van der Waals surface area (Å²) in [4.78, 5) is 0. The number of hydrogen-bond acceptors (Lipinski definition) is 3. The van der Waals surface area contributed by atoms with Crippen LogP contribution in [-0.4, -0.2) is 13.7 Å². The van der Waals surface area contributed by atoms with Crippen LogP contribution >= 0.6 is 0 Å². The summed E-state index contributed by atoms with van der Waals surface area (Å²) in [5.41, 5.74) is 7.27. The van der Waals surface area contributed by atoms with Crippen LogP contribution in [0, 0.1) is 0 Å². The maximum atomic E-state index is 11.7. The zero-order valence-electron chi connectivity index (χ0n) is 9.10. The quantitative estimate of drug-likeness (QED) is 0.847. The zero-order chi connectivity index (χ0) is 11.5. The first-order valence-electron chi connectivity index (χ1n) is 4.95. The number of hydrogen-bond donors (Lipinski definition) is 1. The van der Waals surface area contributed by atoms with Crippen molar-refractivity contribution in [2.75, 3.05) is 0 Å². The predicted octanol–water partition coefficient (Wildman–Crippen LogP) is 1.47. The van der Waals surface area contributed by atoms with Gasteiger partial charge < -0.3 is 5.73 Å². The molecule has 0 unspecified atom stereocenters. The molecular formula is C11H17NO2S. The van der Waals surface area contributed by atoms with Crippen LogP contribution in [0.25, 0.3) is 0 Å². The Kier molecular flexibility index (Phi) is 3.88. The van der Waals surface area contributed by atoms with Gasteiger partial charge in [-0.25, -0.2) is 8.42 Å². The highest BCUT2D eigenvalue weighted by Gasteiger charge is 2.16. The molecule has 0 aliphatic rings. The number of rotatable bonds is 4. The molecule has 15 heavy (non-hydrogen) atoms. The van der Waals surface area contributed by atoms with Crippen molar-refractivity contribution in [3.05, 3.63) is 35.4 Å². The number of nitrogens with two attached hydrogens (primary N) is 1. The molecule has 0 radical (unpaired) electrons. The Bertz CT molecular complexity index is 424. The van der Waals surface area contributed by atoms with E-state index in [0.29, 0.717) is 6.54 Å². The lowest BCUT2D eigenvalue weighted by Crippen LogP contribution is -2.16. The monoisotopic (exact) mass is 227 g/mol. The third kappa shape index (κ3) is 3.32. The van der Waals surface area contributed by atoms with Crippen molar-refractivity contribution < 1.29 is 8.42 Å². The van der Waals surface area contributed by atoms with Gasteiger partial charge in [0.2, 0.25) is 0 Å². The van der Waals surface area contributed by atoms with Crippen molar-refractivity contribution in [1.29, 1.82) is 0 Å². The van der Waals surface area contributed by atoms with E-state index in [1.54, 1.807) is 13.8 Å². The van der Waals surface area contributed by atoms with Gasteiger partial charge in [0.25, 0.3) is 0 Å². The topological polar surface area (TPSA) is 60.2 Å². The van der Waals surface area contributed by atoms with Crippen molar-refractivity contribution in [1.82, 2.24) is 0 Å². The van der Waals surface area contributed by atoms with Gasteiger partial charge in [-0.2, -0.15) is 0 Å². The fourth-order valence-corrected chi connectivity index (χ4v) is 2.22. The third-order valence-corrected chi connectivity index (χ3v) is 4.49. The standard InChI is InChI=1S/C11H17NO2S/c1-9(2)15(13,14)8-11-5-3-4-10(6-11)7-12/h3-6,9H,7-8,12H2,1-2H3. The molecule has 1 aromatic rings. The lowest BCUT2D eigenvalue weighted by molar-refractivity contribution is 0.586. The molecule has 0 bridgehead atoms. The molecule has 0 heterocycles. The van der Waals surface area contributed by atoms with Crippen molar-refractivity contribution in [2.24, 2.45) is 5.73 Å². The largest absolute Gasteiger partial charge is 0.326 e. The van der Waals surface area contributed by atoms with Gasteiger partial charge in [0.1, 0.15) is 0 Å². The summed E-state index contributed by atoms with van der Waals surface area (Å²) in [5.74, 6) is 0.0957. The second-order valence-corrected chi connectivity index (χ2v) is 6.44. The van der Waals surface area contributed by atoms with Gasteiger partial charge in [0.15, 0.2) is 9.84 Å². The van der Waals surface area contributed by atoms with E-state index in [4.69, 9.17) is 5.73 Å². The molecule has 4 heteroatoms. The highest BCUT2D eigenvalue weighted by atomic mass is 32.2. The molecule has 0 saturated carbocycles. The predicted molar refractivity (Wildman–Crippen MR) is 62.1 cm³/mol. The third-order valence-electron chi connectivity index (χ3n) is 2.31. The van der Waals surface area contributed by atoms with E-state index in [9.17, 15) is 8.42 Å².